The van der Waals surface area contributed by atoms with Gasteiger partial charge in [-0.1, -0.05) is 0 Å². The number of halogens is 4. The lowest BCUT2D eigenvalue weighted by Crippen LogP contribution is -2.17. The van der Waals surface area contributed by atoms with Gasteiger partial charge in [-0.3, -0.25) is 4.79 Å². The molecule has 0 saturated carbocycles. The molecule has 1 aromatic carbocycles. The zero-order valence-corrected chi connectivity index (χ0v) is 14.2. The first-order chi connectivity index (χ1) is 12.3. The summed E-state index contributed by atoms with van der Waals surface area (Å²) < 4.78 is 57.3. The molecule has 1 N–H and O–H groups in total. The largest absolute Gasteiger partial charge is 0.473 e. The van der Waals surface area contributed by atoms with Gasteiger partial charge in [-0.15, -0.1) is 0 Å². The Morgan fingerprint density at radius 2 is 2.08 bits per heavy atom. The molecule has 9 heteroatoms. The molecule has 4 nitrogen and oxygen atoms in total. The molecule has 0 aliphatic carbocycles. The lowest BCUT2D eigenvalue weighted by molar-refractivity contribution is -0.139. The molecular formula is C17H14F4N2O2S. The predicted molar refractivity (Wildman–Crippen MR) is 90.0 cm³/mol. The van der Waals surface area contributed by atoms with E-state index in [-0.39, 0.29) is 23.2 Å². The molecule has 1 aliphatic heterocycles. The minimum Gasteiger partial charge on any atom is -0.473 e. The first kappa shape index (κ1) is 18.5. The number of alkyl halides is 3. The number of carbonyl (C=O) groups excluding carboxylic acids is 1. The molecule has 2 aromatic rings. The molecule has 0 radical (unpaired) electrons. The quantitative estimate of drug-likeness (QED) is 0.793. The van der Waals surface area contributed by atoms with Gasteiger partial charge in [-0.2, -0.15) is 24.9 Å². The molecular weight excluding hydrogens is 372 g/mol. The van der Waals surface area contributed by atoms with Gasteiger partial charge in [0.1, 0.15) is 11.9 Å². The van der Waals surface area contributed by atoms with Crippen molar-refractivity contribution >= 4 is 23.4 Å². The Bertz CT molecular complexity index is 808. The Morgan fingerprint density at radius 3 is 2.77 bits per heavy atom. The highest BCUT2D eigenvalue weighted by molar-refractivity contribution is 7.99. The molecule has 1 aromatic heterocycles. The number of amides is 1. The van der Waals surface area contributed by atoms with E-state index in [2.05, 4.69) is 10.3 Å². The van der Waals surface area contributed by atoms with E-state index in [1.807, 2.05) is 0 Å². The fourth-order valence-electron chi connectivity index (χ4n) is 2.42. The number of benzene rings is 1. The van der Waals surface area contributed by atoms with Gasteiger partial charge in [0.05, 0.1) is 5.56 Å². The van der Waals surface area contributed by atoms with Crippen molar-refractivity contribution in [3.8, 4) is 5.88 Å². The van der Waals surface area contributed by atoms with Crippen molar-refractivity contribution in [1.29, 1.82) is 0 Å². The van der Waals surface area contributed by atoms with Gasteiger partial charge >= 0.3 is 6.18 Å². The maximum Gasteiger partial charge on any atom is 0.419 e. The van der Waals surface area contributed by atoms with Crippen LogP contribution < -0.4 is 10.1 Å². The topological polar surface area (TPSA) is 51.2 Å². The summed E-state index contributed by atoms with van der Waals surface area (Å²) >= 11 is 1.76. The third kappa shape index (κ3) is 4.46. The van der Waals surface area contributed by atoms with Crippen LogP contribution in [-0.4, -0.2) is 28.5 Å². The minimum absolute atomic E-state index is 0.0252. The zero-order valence-electron chi connectivity index (χ0n) is 13.3. The summed E-state index contributed by atoms with van der Waals surface area (Å²) in [5.41, 5.74) is -1.42. The molecule has 1 aliphatic rings. The highest BCUT2D eigenvalue weighted by Crippen LogP contribution is 2.33. The van der Waals surface area contributed by atoms with Crippen LogP contribution in [0.25, 0.3) is 0 Å². The summed E-state index contributed by atoms with van der Waals surface area (Å²) in [6.07, 6.45) is -2.55. The third-order valence-electron chi connectivity index (χ3n) is 3.70. The normalized spacial score (nSPS) is 17.2. The maximum absolute atomic E-state index is 13.3. The van der Waals surface area contributed by atoms with Crippen LogP contribution in [0.4, 0.5) is 23.2 Å². The molecule has 1 fully saturated rings. The standard InChI is InChI=1S/C17H14F4N2O2S/c18-14-2-1-11(8-13(14)17(19,20)21)23-16(24)10-3-5-22-15(7-10)25-12-4-6-26-9-12/h1-3,5,7-8,12H,4,6,9H2,(H,23,24)/t12-/m0/s1. The Hall–Kier alpha value is -2.29. The average molecular weight is 386 g/mol. The molecule has 26 heavy (non-hydrogen) atoms. The smallest absolute Gasteiger partial charge is 0.419 e. The van der Waals surface area contributed by atoms with Gasteiger partial charge in [0.15, 0.2) is 0 Å². The first-order valence-electron chi connectivity index (χ1n) is 7.71. The van der Waals surface area contributed by atoms with E-state index in [0.717, 1.165) is 24.0 Å². The van der Waals surface area contributed by atoms with E-state index in [0.29, 0.717) is 12.1 Å². The molecule has 138 valence electrons. The SMILES string of the molecule is O=C(Nc1ccc(F)c(C(F)(F)F)c1)c1ccnc(O[C@H]2CCSC2)c1. The number of aromatic nitrogens is 1. The number of hydrogen-bond donors (Lipinski definition) is 1. The Balaban J connectivity index is 1.74. The molecule has 3 rings (SSSR count). The monoisotopic (exact) mass is 386 g/mol. The zero-order chi connectivity index (χ0) is 18.7. The number of thioether (sulfide) groups is 1. The van der Waals surface area contributed by atoms with Crippen molar-refractivity contribution in [2.24, 2.45) is 0 Å². The summed E-state index contributed by atoms with van der Waals surface area (Å²) in [4.78, 5) is 16.3. The van der Waals surface area contributed by atoms with Gasteiger partial charge in [0.25, 0.3) is 5.91 Å². The van der Waals surface area contributed by atoms with Gasteiger partial charge < -0.3 is 10.1 Å². The molecule has 0 spiro atoms. The predicted octanol–water partition coefficient (Wildman–Crippen LogP) is 4.38. The molecule has 0 unspecified atom stereocenters. The van der Waals surface area contributed by atoms with E-state index >= 15 is 0 Å². The number of rotatable bonds is 4. The van der Waals surface area contributed by atoms with E-state index in [9.17, 15) is 22.4 Å². The highest BCUT2D eigenvalue weighted by Gasteiger charge is 2.34. The fourth-order valence-corrected chi connectivity index (χ4v) is 3.51. The second kappa shape index (κ2) is 7.53. The average Bonchev–Trinajstić information content (AvgIpc) is 3.09. The number of pyridine rings is 1. The van der Waals surface area contributed by atoms with Crippen LogP contribution in [0, 0.1) is 5.82 Å². The Labute approximate surface area is 151 Å². The van der Waals surface area contributed by atoms with Crippen molar-refractivity contribution in [3.63, 3.8) is 0 Å². The second-order valence-electron chi connectivity index (χ2n) is 5.63. The van der Waals surface area contributed by atoms with Crippen LogP contribution in [0.15, 0.2) is 36.5 Å². The summed E-state index contributed by atoms with van der Waals surface area (Å²) in [6, 6.07) is 5.13. The number of ether oxygens (including phenoxy) is 1. The van der Waals surface area contributed by atoms with Gasteiger partial charge in [0.2, 0.25) is 5.88 Å². The number of anilines is 1. The summed E-state index contributed by atoms with van der Waals surface area (Å²) in [5, 5.41) is 2.33. The number of hydrogen-bond acceptors (Lipinski definition) is 4. The van der Waals surface area contributed by atoms with Crippen LogP contribution in [0.2, 0.25) is 0 Å². The number of nitrogens with one attached hydrogen (secondary N) is 1. The second-order valence-corrected chi connectivity index (χ2v) is 6.78. The number of carbonyl (C=O) groups is 1. The van der Waals surface area contributed by atoms with E-state index in [1.165, 1.54) is 18.3 Å². The van der Waals surface area contributed by atoms with Crippen LogP contribution in [-0.2, 0) is 6.18 Å². The summed E-state index contributed by atoms with van der Waals surface area (Å²) in [6.45, 7) is 0. The Kier molecular flexibility index (Phi) is 5.36. The van der Waals surface area contributed by atoms with Gasteiger partial charge in [-0.05, 0) is 36.4 Å². The van der Waals surface area contributed by atoms with Crippen LogP contribution in [0.5, 0.6) is 5.88 Å². The van der Waals surface area contributed by atoms with Crippen molar-refractivity contribution in [1.82, 2.24) is 4.98 Å². The van der Waals surface area contributed by atoms with Crippen LogP contribution in [0.1, 0.15) is 22.3 Å². The highest BCUT2D eigenvalue weighted by atomic mass is 32.2. The van der Waals surface area contributed by atoms with E-state index in [4.69, 9.17) is 4.74 Å². The van der Waals surface area contributed by atoms with Gasteiger partial charge in [-0.25, -0.2) is 9.37 Å². The minimum atomic E-state index is -4.85. The fraction of sp³-hybridized carbons (Fsp3) is 0.294. The third-order valence-corrected chi connectivity index (χ3v) is 4.83. The molecule has 1 saturated heterocycles. The lowest BCUT2D eigenvalue weighted by atomic mass is 10.1. The van der Waals surface area contributed by atoms with Crippen LogP contribution >= 0.6 is 11.8 Å². The molecule has 1 atom stereocenters. The van der Waals surface area contributed by atoms with E-state index in [1.54, 1.807) is 11.8 Å². The molecule has 1 amide bonds. The van der Waals surface area contributed by atoms with Crippen molar-refractivity contribution in [2.45, 2.75) is 18.7 Å². The van der Waals surface area contributed by atoms with Crippen molar-refractivity contribution < 1.29 is 27.1 Å². The lowest BCUT2D eigenvalue weighted by Gasteiger charge is -2.13. The summed E-state index contributed by atoms with van der Waals surface area (Å²) in [5.74, 6) is 0.0766. The van der Waals surface area contributed by atoms with Crippen molar-refractivity contribution in [2.75, 3.05) is 16.8 Å². The van der Waals surface area contributed by atoms with Gasteiger partial charge in [0, 0.05) is 29.3 Å². The van der Waals surface area contributed by atoms with E-state index < -0.39 is 23.5 Å². The molecule has 0 bridgehead atoms. The summed E-state index contributed by atoms with van der Waals surface area (Å²) in [7, 11) is 0. The van der Waals surface area contributed by atoms with Crippen molar-refractivity contribution in [3.05, 3.63) is 53.5 Å². The molecule has 2 heterocycles. The number of nitrogens with zero attached hydrogens (tertiary/aromatic N) is 1. The Morgan fingerprint density at radius 1 is 1.27 bits per heavy atom. The van der Waals surface area contributed by atoms with Crippen LogP contribution in [0.3, 0.4) is 0 Å². The maximum atomic E-state index is 13.3. The first-order valence-corrected chi connectivity index (χ1v) is 8.87.